The highest BCUT2D eigenvalue weighted by Gasteiger charge is 2.69. The van der Waals surface area contributed by atoms with E-state index in [-0.39, 0.29) is 24.2 Å². The normalized spacial score (nSPS) is 31.6. The molecule has 0 saturated heterocycles. The van der Waals surface area contributed by atoms with Crippen molar-refractivity contribution in [3.8, 4) is 17.0 Å². The number of likely N-dealkylation sites (N-methyl/N-ethyl adjacent to an activating group) is 1. The Bertz CT molecular complexity index is 1340. The molecular weight excluding hydrogens is 468 g/mol. The van der Waals surface area contributed by atoms with E-state index in [1.165, 1.54) is 29.6 Å². The second kappa shape index (κ2) is 8.10. The minimum atomic E-state index is -2.74. The van der Waals surface area contributed by atoms with Crippen LogP contribution in [0, 0.1) is 23.7 Å². The van der Waals surface area contributed by atoms with Crippen LogP contribution >= 0.6 is 0 Å². The van der Waals surface area contributed by atoms with Crippen LogP contribution in [0.4, 0.5) is 0 Å². The van der Waals surface area contributed by atoms with Gasteiger partial charge in [-0.1, -0.05) is 0 Å². The number of fused-ring (bicyclic) bond motifs is 3. The van der Waals surface area contributed by atoms with Gasteiger partial charge in [0.05, 0.1) is 29.4 Å². The number of nitrogens with zero attached hydrogens (tertiary/aromatic N) is 3. The fraction of sp³-hybridized carbons (Fsp3) is 0.400. The SMILES string of the molecule is CN(C)C1C(=O)C(C(N)=O)C(=O)C2(O)C(=O)C3C(=O)c4c(O)ccc(-c5cnccn5)c4CC3CC12. The molecule has 1 amide bonds. The van der Waals surface area contributed by atoms with E-state index in [0.717, 1.165) is 0 Å². The van der Waals surface area contributed by atoms with Gasteiger partial charge in [-0.15, -0.1) is 0 Å². The van der Waals surface area contributed by atoms with Gasteiger partial charge in [-0.2, -0.15) is 0 Å². The van der Waals surface area contributed by atoms with Gasteiger partial charge in [-0.3, -0.25) is 38.8 Å². The molecule has 11 nitrogen and oxygen atoms in total. The fourth-order valence-corrected chi connectivity index (χ4v) is 6.28. The number of ketones is 4. The summed E-state index contributed by atoms with van der Waals surface area (Å²) in [7, 11) is 3.08. The first-order valence-electron chi connectivity index (χ1n) is 11.5. The van der Waals surface area contributed by atoms with Gasteiger partial charge < -0.3 is 15.9 Å². The number of benzene rings is 1. The molecule has 3 aliphatic carbocycles. The Labute approximate surface area is 205 Å². The molecule has 0 bridgehead atoms. The van der Waals surface area contributed by atoms with Gasteiger partial charge in [0, 0.05) is 23.9 Å². The summed E-state index contributed by atoms with van der Waals surface area (Å²) < 4.78 is 0. The summed E-state index contributed by atoms with van der Waals surface area (Å²) in [5.74, 6) is -10.7. The van der Waals surface area contributed by atoms with Crippen LogP contribution in [0.3, 0.4) is 0 Å². The Balaban J connectivity index is 1.66. The standard InChI is InChI=1S/C25H24N4O7/c1-29(2)19-13-8-10-7-12-11(14-9-27-5-6-28-14)3-4-15(30)17(12)20(31)16(10)22(33)25(13,36)23(34)18(21(19)32)24(26)35/h3-6,9-10,13,16,18-19,30,36H,7-8H2,1-2H3,(H2,26,35). The van der Waals surface area contributed by atoms with Crippen LogP contribution in [0.25, 0.3) is 11.3 Å². The number of hydrogen-bond acceptors (Lipinski definition) is 10. The van der Waals surface area contributed by atoms with Crippen LogP contribution in [0.2, 0.25) is 0 Å². The molecule has 1 aromatic heterocycles. The Kier molecular flexibility index (Phi) is 5.38. The largest absolute Gasteiger partial charge is 0.507 e. The third kappa shape index (κ3) is 3.09. The van der Waals surface area contributed by atoms with E-state index in [1.807, 2.05) is 0 Å². The summed E-state index contributed by atoms with van der Waals surface area (Å²) in [5.41, 5.74) is 4.00. The van der Waals surface area contributed by atoms with Gasteiger partial charge in [0.2, 0.25) is 5.91 Å². The number of amides is 1. The maximum atomic E-state index is 13.8. The van der Waals surface area contributed by atoms with Crippen molar-refractivity contribution in [2.75, 3.05) is 14.1 Å². The molecule has 4 N–H and O–H groups in total. The van der Waals surface area contributed by atoms with E-state index in [0.29, 0.717) is 16.8 Å². The van der Waals surface area contributed by atoms with E-state index in [1.54, 1.807) is 20.2 Å². The molecule has 1 aromatic carbocycles. The lowest BCUT2D eigenvalue weighted by atomic mass is 9.52. The van der Waals surface area contributed by atoms with Crippen molar-refractivity contribution in [2.45, 2.75) is 24.5 Å². The number of Topliss-reactive ketones (excluding diaryl/α,β-unsaturated/α-hetero) is 4. The summed E-state index contributed by atoms with van der Waals surface area (Å²) in [6.45, 7) is 0. The lowest BCUT2D eigenvalue weighted by molar-refractivity contribution is -0.181. The molecule has 0 radical (unpaired) electrons. The number of hydrogen-bond donors (Lipinski definition) is 3. The minimum absolute atomic E-state index is 0.0144. The molecule has 186 valence electrons. The highest BCUT2D eigenvalue weighted by Crippen LogP contribution is 2.51. The van der Waals surface area contributed by atoms with Crippen LogP contribution in [0.1, 0.15) is 22.3 Å². The monoisotopic (exact) mass is 492 g/mol. The molecule has 0 spiro atoms. The number of primary amides is 1. The molecule has 2 saturated carbocycles. The Morgan fingerprint density at radius 2 is 1.86 bits per heavy atom. The zero-order chi connectivity index (χ0) is 26.1. The van der Waals surface area contributed by atoms with Crippen molar-refractivity contribution in [1.82, 2.24) is 14.9 Å². The van der Waals surface area contributed by atoms with E-state index in [2.05, 4.69) is 9.97 Å². The predicted octanol–water partition coefficient (Wildman–Crippen LogP) is -0.676. The lowest BCUT2D eigenvalue weighted by Crippen LogP contribution is -2.74. The van der Waals surface area contributed by atoms with Gasteiger partial charge >= 0.3 is 0 Å². The smallest absolute Gasteiger partial charge is 0.235 e. The third-order valence-corrected chi connectivity index (χ3v) is 7.78. The van der Waals surface area contributed by atoms with Gasteiger partial charge in [-0.05, 0) is 50.6 Å². The Hall–Kier alpha value is -3.83. The topological polar surface area (TPSA) is 181 Å². The summed E-state index contributed by atoms with van der Waals surface area (Å²) >= 11 is 0. The highest BCUT2D eigenvalue weighted by atomic mass is 16.3. The molecule has 2 fully saturated rings. The second-order valence-electron chi connectivity index (χ2n) is 9.87. The fourth-order valence-electron chi connectivity index (χ4n) is 6.28. The number of nitrogens with two attached hydrogens (primary N) is 1. The van der Waals surface area contributed by atoms with E-state index < -0.39 is 64.4 Å². The first kappa shape index (κ1) is 23.9. The lowest BCUT2D eigenvalue weighted by Gasteiger charge is -2.52. The molecule has 2 aromatic rings. The number of phenolic OH excluding ortho intramolecular Hbond substituents is 1. The first-order valence-corrected chi connectivity index (χ1v) is 11.5. The molecular formula is C25H24N4O7. The molecule has 3 aliphatic rings. The van der Waals surface area contributed by atoms with Gasteiger partial charge in [0.15, 0.2) is 34.7 Å². The van der Waals surface area contributed by atoms with Crippen LogP contribution in [-0.4, -0.2) is 79.9 Å². The second-order valence-corrected chi connectivity index (χ2v) is 9.87. The third-order valence-electron chi connectivity index (χ3n) is 7.78. The van der Waals surface area contributed by atoms with Crippen molar-refractivity contribution < 1.29 is 34.2 Å². The van der Waals surface area contributed by atoms with Crippen LogP contribution in [0.15, 0.2) is 30.7 Å². The molecule has 6 atom stereocenters. The maximum Gasteiger partial charge on any atom is 0.235 e. The van der Waals surface area contributed by atoms with Crippen LogP contribution in [0.5, 0.6) is 5.75 Å². The number of carbonyl (C=O) groups is 5. The zero-order valence-corrected chi connectivity index (χ0v) is 19.5. The van der Waals surface area contributed by atoms with Gasteiger partial charge in [0.25, 0.3) is 0 Å². The Morgan fingerprint density at radius 1 is 1.14 bits per heavy atom. The Morgan fingerprint density at radius 3 is 2.47 bits per heavy atom. The van der Waals surface area contributed by atoms with Crippen molar-refractivity contribution in [1.29, 1.82) is 0 Å². The molecule has 1 heterocycles. The molecule has 36 heavy (non-hydrogen) atoms. The number of rotatable bonds is 3. The number of carbonyl (C=O) groups excluding carboxylic acids is 5. The van der Waals surface area contributed by atoms with Gasteiger partial charge in [-0.25, -0.2) is 0 Å². The number of aromatic hydroxyl groups is 1. The molecule has 5 rings (SSSR count). The molecule has 0 aliphatic heterocycles. The van der Waals surface area contributed by atoms with Crippen LogP contribution < -0.4 is 5.73 Å². The van der Waals surface area contributed by atoms with Crippen LogP contribution in [-0.2, 0) is 25.6 Å². The average Bonchev–Trinajstić information content (AvgIpc) is 2.81. The van der Waals surface area contributed by atoms with Crippen molar-refractivity contribution >= 4 is 29.0 Å². The molecule has 11 heteroatoms. The van der Waals surface area contributed by atoms with E-state index in [4.69, 9.17) is 5.73 Å². The summed E-state index contributed by atoms with van der Waals surface area (Å²) in [6.07, 6.45) is 4.64. The summed E-state index contributed by atoms with van der Waals surface area (Å²) in [6, 6.07) is 1.79. The predicted molar refractivity (Wildman–Crippen MR) is 122 cm³/mol. The first-order chi connectivity index (χ1) is 17.0. The summed E-state index contributed by atoms with van der Waals surface area (Å²) in [5, 5.41) is 22.1. The number of phenols is 1. The molecule has 6 unspecified atom stereocenters. The number of aromatic nitrogens is 2. The minimum Gasteiger partial charge on any atom is -0.507 e. The summed E-state index contributed by atoms with van der Waals surface area (Å²) in [4.78, 5) is 75.7. The van der Waals surface area contributed by atoms with Crippen molar-refractivity contribution in [2.24, 2.45) is 29.4 Å². The van der Waals surface area contributed by atoms with Crippen molar-refractivity contribution in [3.05, 3.63) is 41.9 Å². The quantitative estimate of drug-likeness (QED) is 0.465. The van der Waals surface area contributed by atoms with E-state index >= 15 is 0 Å². The number of aliphatic hydroxyl groups is 1. The maximum absolute atomic E-state index is 13.8. The van der Waals surface area contributed by atoms with Crippen molar-refractivity contribution in [3.63, 3.8) is 0 Å². The zero-order valence-electron chi connectivity index (χ0n) is 19.5. The average molecular weight is 492 g/mol. The van der Waals surface area contributed by atoms with Gasteiger partial charge in [0.1, 0.15) is 5.75 Å². The van der Waals surface area contributed by atoms with E-state index in [9.17, 15) is 34.2 Å². The highest BCUT2D eigenvalue weighted by molar-refractivity contribution is 6.32.